The van der Waals surface area contributed by atoms with E-state index in [0.717, 1.165) is 0 Å². The van der Waals surface area contributed by atoms with Crippen molar-refractivity contribution in [2.24, 2.45) is 16.6 Å². The molecule has 0 aliphatic heterocycles. The third-order valence-electron chi connectivity index (χ3n) is 3.47. The molecule has 0 heterocycles. The molecular formula is C19H23Cl2N3O2. The van der Waals surface area contributed by atoms with Crippen LogP contribution in [-0.2, 0) is 9.59 Å². The first kappa shape index (κ1) is 21.9. The van der Waals surface area contributed by atoms with Gasteiger partial charge in [-0.2, -0.15) is 0 Å². The summed E-state index contributed by atoms with van der Waals surface area (Å²) in [6.07, 6.45) is 1.87. The van der Waals surface area contributed by atoms with Gasteiger partial charge in [-0.15, -0.1) is 0 Å². The van der Waals surface area contributed by atoms with E-state index < -0.39 is 17.9 Å². The Labute approximate surface area is 164 Å². The van der Waals surface area contributed by atoms with Crippen LogP contribution in [0.2, 0.25) is 5.02 Å². The molecule has 0 spiro atoms. The molecular weight excluding hydrogens is 373 g/mol. The average molecular weight is 396 g/mol. The van der Waals surface area contributed by atoms with Crippen molar-refractivity contribution in [3.05, 3.63) is 52.5 Å². The lowest BCUT2D eigenvalue weighted by Crippen LogP contribution is -2.47. The topological polar surface area (TPSA) is 84.6 Å². The van der Waals surface area contributed by atoms with Crippen molar-refractivity contribution >= 4 is 46.4 Å². The zero-order chi connectivity index (χ0) is 19.9. The van der Waals surface area contributed by atoms with E-state index in [4.69, 9.17) is 28.9 Å². The number of hydrogen-bond acceptors (Lipinski definition) is 3. The first-order chi connectivity index (χ1) is 12.1. The van der Waals surface area contributed by atoms with Gasteiger partial charge < -0.3 is 11.1 Å². The highest BCUT2D eigenvalue weighted by molar-refractivity contribution is 6.40. The van der Waals surface area contributed by atoms with Crippen LogP contribution >= 0.6 is 23.2 Å². The molecule has 0 radical (unpaired) electrons. The van der Waals surface area contributed by atoms with Crippen LogP contribution in [0.5, 0.6) is 0 Å². The smallest absolute Gasteiger partial charge is 0.266 e. The van der Waals surface area contributed by atoms with Crippen molar-refractivity contribution in [2.75, 3.05) is 0 Å². The molecule has 2 amide bonds. The SMILES string of the molecule is C=C/C(Cl)=C(\N=C(/C)C(=O)N[C@@H](CC(C)C)C(N)=O)c1cccc(Cl)c1. The fourth-order valence-corrected chi connectivity index (χ4v) is 2.53. The fraction of sp³-hybridized carbons (Fsp3) is 0.316. The van der Waals surface area contributed by atoms with Gasteiger partial charge in [-0.25, -0.2) is 4.99 Å². The van der Waals surface area contributed by atoms with Gasteiger partial charge in [0.1, 0.15) is 11.8 Å². The van der Waals surface area contributed by atoms with E-state index in [-0.39, 0.29) is 16.7 Å². The van der Waals surface area contributed by atoms with E-state index in [2.05, 4.69) is 16.9 Å². The summed E-state index contributed by atoms with van der Waals surface area (Å²) >= 11 is 12.2. The lowest BCUT2D eigenvalue weighted by molar-refractivity contribution is -0.124. The molecule has 5 nitrogen and oxygen atoms in total. The minimum absolute atomic E-state index is 0.134. The molecule has 0 fully saturated rings. The van der Waals surface area contributed by atoms with Gasteiger partial charge in [0, 0.05) is 10.6 Å². The van der Waals surface area contributed by atoms with Crippen LogP contribution in [0.1, 0.15) is 32.8 Å². The molecule has 0 saturated carbocycles. The molecule has 0 aliphatic carbocycles. The molecule has 1 aromatic rings. The molecule has 0 aliphatic rings. The number of allylic oxidation sites excluding steroid dienone is 2. The molecule has 0 aromatic heterocycles. The van der Waals surface area contributed by atoms with Crippen molar-refractivity contribution in [3.63, 3.8) is 0 Å². The summed E-state index contributed by atoms with van der Waals surface area (Å²) in [6, 6.07) is 6.16. The Kier molecular flexibility index (Phi) is 8.55. The molecule has 3 N–H and O–H groups in total. The van der Waals surface area contributed by atoms with Gasteiger partial charge >= 0.3 is 0 Å². The van der Waals surface area contributed by atoms with E-state index in [1.807, 2.05) is 13.8 Å². The number of hydrogen-bond donors (Lipinski definition) is 2. The number of nitrogens with one attached hydrogen (secondary N) is 1. The Bertz CT molecular complexity index is 755. The number of rotatable bonds is 8. The number of amides is 2. The minimum atomic E-state index is -0.763. The van der Waals surface area contributed by atoms with Crippen LogP contribution in [-0.4, -0.2) is 23.6 Å². The quantitative estimate of drug-likeness (QED) is 0.516. The van der Waals surface area contributed by atoms with Crippen LogP contribution in [0.4, 0.5) is 0 Å². The normalized spacial score (nSPS) is 13.8. The van der Waals surface area contributed by atoms with Crippen molar-refractivity contribution in [2.45, 2.75) is 33.2 Å². The molecule has 0 bridgehead atoms. The zero-order valence-electron chi connectivity index (χ0n) is 15.1. The number of nitrogens with two attached hydrogens (primary N) is 1. The van der Waals surface area contributed by atoms with Crippen molar-refractivity contribution < 1.29 is 9.59 Å². The fourth-order valence-electron chi connectivity index (χ4n) is 2.19. The summed E-state index contributed by atoms with van der Waals surface area (Å²) < 4.78 is 0. The van der Waals surface area contributed by atoms with Gasteiger partial charge in [0.25, 0.3) is 5.91 Å². The third-order valence-corrected chi connectivity index (χ3v) is 4.04. The van der Waals surface area contributed by atoms with E-state index in [9.17, 15) is 9.59 Å². The lowest BCUT2D eigenvalue weighted by Gasteiger charge is -2.17. The Morgan fingerprint density at radius 2 is 2.04 bits per heavy atom. The average Bonchev–Trinajstić information content (AvgIpc) is 2.57. The standard InChI is InChI=1S/C19H23Cl2N3O2/c1-5-15(21)17(13-7-6-8-14(20)10-13)23-12(4)19(26)24-16(18(22)25)9-11(2)3/h5-8,10-11,16H,1,9H2,2-4H3,(H2,22,25)(H,24,26)/b17-15+,23-12+/t16-/m0/s1. The van der Waals surface area contributed by atoms with Crippen molar-refractivity contribution in [1.82, 2.24) is 5.32 Å². The Hall–Kier alpha value is -2.11. The molecule has 26 heavy (non-hydrogen) atoms. The Morgan fingerprint density at radius 1 is 1.38 bits per heavy atom. The van der Waals surface area contributed by atoms with Crippen LogP contribution in [0.25, 0.3) is 5.70 Å². The maximum absolute atomic E-state index is 12.4. The van der Waals surface area contributed by atoms with Crippen molar-refractivity contribution in [3.8, 4) is 0 Å². The van der Waals surface area contributed by atoms with Gasteiger partial charge in [-0.3, -0.25) is 9.59 Å². The van der Waals surface area contributed by atoms with Crippen LogP contribution in [0, 0.1) is 5.92 Å². The van der Waals surface area contributed by atoms with E-state index >= 15 is 0 Å². The number of carbonyl (C=O) groups excluding carboxylic acids is 2. The summed E-state index contributed by atoms with van der Waals surface area (Å²) in [7, 11) is 0. The summed E-state index contributed by atoms with van der Waals surface area (Å²) in [5.74, 6) is -0.890. The second kappa shape index (κ2) is 10.1. The van der Waals surface area contributed by atoms with E-state index in [1.54, 1.807) is 24.3 Å². The molecule has 1 aromatic carbocycles. The summed E-state index contributed by atoms with van der Waals surface area (Å²) in [5, 5.41) is 3.39. The summed E-state index contributed by atoms with van der Waals surface area (Å²) in [5.41, 5.74) is 6.49. The van der Waals surface area contributed by atoms with Gasteiger partial charge in [-0.1, -0.05) is 55.8 Å². The molecule has 140 valence electrons. The van der Waals surface area contributed by atoms with Gasteiger partial charge in [-0.05, 0) is 37.5 Å². The van der Waals surface area contributed by atoms with E-state index in [0.29, 0.717) is 22.7 Å². The maximum Gasteiger partial charge on any atom is 0.266 e. The molecule has 0 saturated heterocycles. The largest absolute Gasteiger partial charge is 0.368 e. The number of primary amides is 1. The molecule has 7 heteroatoms. The highest BCUT2D eigenvalue weighted by Crippen LogP contribution is 2.26. The first-order valence-corrected chi connectivity index (χ1v) is 8.84. The summed E-state index contributed by atoms with van der Waals surface area (Å²) in [6.45, 7) is 9.04. The molecule has 1 atom stereocenters. The zero-order valence-corrected chi connectivity index (χ0v) is 16.6. The number of aliphatic imine (C=N–C) groups is 1. The maximum atomic E-state index is 12.4. The number of halogens is 2. The highest BCUT2D eigenvalue weighted by atomic mass is 35.5. The third kappa shape index (κ3) is 6.65. The predicted molar refractivity (Wildman–Crippen MR) is 108 cm³/mol. The molecule has 1 rings (SSSR count). The van der Waals surface area contributed by atoms with Gasteiger partial charge in [0.2, 0.25) is 5.91 Å². The van der Waals surface area contributed by atoms with Crippen LogP contribution in [0.15, 0.2) is 46.9 Å². The van der Waals surface area contributed by atoms with Crippen LogP contribution < -0.4 is 11.1 Å². The van der Waals surface area contributed by atoms with Gasteiger partial charge in [0.05, 0.1) is 10.7 Å². The van der Waals surface area contributed by atoms with E-state index in [1.165, 1.54) is 13.0 Å². The van der Waals surface area contributed by atoms with Crippen LogP contribution in [0.3, 0.4) is 0 Å². The van der Waals surface area contributed by atoms with Crippen molar-refractivity contribution in [1.29, 1.82) is 0 Å². The Balaban J connectivity index is 3.15. The van der Waals surface area contributed by atoms with Gasteiger partial charge in [0.15, 0.2) is 0 Å². The lowest BCUT2D eigenvalue weighted by atomic mass is 10.0. The first-order valence-electron chi connectivity index (χ1n) is 8.09. The second-order valence-corrected chi connectivity index (χ2v) is 7.01. The minimum Gasteiger partial charge on any atom is -0.368 e. The predicted octanol–water partition coefficient (Wildman–Crippen LogP) is 3.91. The monoisotopic (exact) mass is 395 g/mol. The number of nitrogens with zero attached hydrogens (tertiary/aromatic N) is 1. The number of carbonyl (C=O) groups is 2. The second-order valence-electron chi connectivity index (χ2n) is 6.17. The highest BCUT2D eigenvalue weighted by Gasteiger charge is 2.21. The Morgan fingerprint density at radius 3 is 2.54 bits per heavy atom. The molecule has 0 unspecified atom stereocenters. The number of benzene rings is 1. The summed E-state index contributed by atoms with van der Waals surface area (Å²) in [4.78, 5) is 28.3.